The number of hydrogen-bond acceptors (Lipinski definition) is 7. The van der Waals surface area contributed by atoms with Crippen LogP contribution in [-0.2, 0) is 25.6 Å². The van der Waals surface area contributed by atoms with Gasteiger partial charge in [0, 0.05) is 35.8 Å². The average molecular weight is 577 g/mol. The highest BCUT2D eigenvalue weighted by Gasteiger charge is 2.32. The van der Waals surface area contributed by atoms with E-state index in [-0.39, 0.29) is 37.0 Å². The number of aromatic amines is 1. The minimum atomic E-state index is -1.18. The fourth-order valence-corrected chi connectivity index (χ4v) is 4.24. The first kappa shape index (κ1) is 32.4. The predicted molar refractivity (Wildman–Crippen MR) is 157 cm³/mol. The molecule has 1 aromatic carbocycles. The van der Waals surface area contributed by atoms with Crippen LogP contribution in [0, 0.1) is 5.92 Å². The summed E-state index contributed by atoms with van der Waals surface area (Å²) in [6.07, 6.45) is 2.83. The second kappa shape index (κ2) is 15.7. The van der Waals surface area contributed by atoms with Crippen LogP contribution >= 0.6 is 12.6 Å². The molecular formula is C26H40N8O5S. The van der Waals surface area contributed by atoms with E-state index in [1.54, 1.807) is 13.1 Å². The molecule has 1 heterocycles. The van der Waals surface area contributed by atoms with Crippen LogP contribution in [0.15, 0.2) is 35.5 Å². The van der Waals surface area contributed by atoms with Crippen molar-refractivity contribution >= 4 is 53.2 Å². The molecule has 0 spiro atoms. The first-order valence-electron chi connectivity index (χ1n) is 13.1. The van der Waals surface area contributed by atoms with Crippen molar-refractivity contribution in [2.75, 3.05) is 12.3 Å². The number of carbonyl (C=O) groups is 4. The van der Waals surface area contributed by atoms with Gasteiger partial charge in [-0.15, -0.1) is 0 Å². The maximum absolute atomic E-state index is 13.5. The molecule has 220 valence electrons. The van der Waals surface area contributed by atoms with Crippen LogP contribution in [0.4, 0.5) is 0 Å². The Morgan fingerprint density at radius 3 is 2.33 bits per heavy atom. The number of carboxylic acid groups (broad SMARTS) is 1. The molecule has 0 saturated heterocycles. The molecule has 0 bridgehead atoms. The lowest BCUT2D eigenvalue weighted by molar-refractivity contribution is -0.143. The summed E-state index contributed by atoms with van der Waals surface area (Å²) in [5.74, 6) is -3.46. The number of aromatic nitrogens is 1. The molecule has 0 aliphatic rings. The molecule has 5 unspecified atom stereocenters. The summed E-state index contributed by atoms with van der Waals surface area (Å²) in [6.45, 7) is 3.76. The number of guanidine groups is 1. The van der Waals surface area contributed by atoms with Crippen LogP contribution in [0.5, 0.6) is 0 Å². The smallest absolute Gasteiger partial charge is 0.326 e. The van der Waals surface area contributed by atoms with Gasteiger partial charge in [-0.1, -0.05) is 38.5 Å². The third-order valence-electron chi connectivity index (χ3n) is 6.62. The number of nitrogens with zero attached hydrogens (tertiary/aromatic N) is 1. The van der Waals surface area contributed by atoms with Gasteiger partial charge in [0.2, 0.25) is 17.7 Å². The number of nitrogens with one attached hydrogen (secondary N) is 4. The highest BCUT2D eigenvalue weighted by atomic mass is 32.1. The van der Waals surface area contributed by atoms with Gasteiger partial charge in [0.05, 0.1) is 6.04 Å². The predicted octanol–water partition coefficient (Wildman–Crippen LogP) is -0.394. The minimum Gasteiger partial charge on any atom is -0.480 e. The van der Waals surface area contributed by atoms with Gasteiger partial charge in [-0.25, -0.2) is 4.79 Å². The van der Waals surface area contributed by atoms with E-state index >= 15 is 0 Å². The second-order valence-electron chi connectivity index (χ2n) is 9.63. The molecule has 0 saturated carbocycles. The van der Waals surface area contributed by atoms with E-state index in [1.807, 2.05) is 31.2 Å². The Hall–Kier alpha value is -3.78. The number of thiol groups is 1. The van der Waals surface area contributed by atoms with E-state index in [0.29, 0.717) is 12.8 Å². The monoisotopic (exact) mass is 576 g/mol. The maximum Gasteiger partial charge on any atom is 0.326 e. The number of rotatable bonds is 16. The van der Waals surface area contributed by atoms with E-state index in [9.17, 15) is 24.3 Å². The van der Waals surface area contributed by atoms with Crippen molar-refractivity contribution in [3.8, 4) is 0 Å². The largest absolute Gasteiger partial charge is 0.480 e. The van der Waals surface area contributed by atoms with E-state index in [0.717, 1.165) is 16.5 Å². The summed E-state index contributed by atoms with van der Waals surface area (Å²) in [5, 5.41) is 18.5. The van der Waals surface area contributed by atoms with Gasteiger partial charge >= 0.3 is 5.97 Å². The number of fused-ring (bicyclic) bond motifs is 1. The Bertz CT molecular complexity index is 1200. The Labute approximate surface area is 238 Å². The maximum atomic E-state index is 13.5. The Balaban J connectivity index is 2.34. The van der Waals surface area contributed by atoms with Crippen LogP contribution in [0.2, 0.25) is 0 Å². The number of carboxylic acids is 1. The third-order valence-corrected chi connectivity index (χ3v) is 7.01. The van der Waals surface area contributed by atoms with Gasteiger partial charge in [-0.2, -0.15) is 12.6 Å². The molecule has 0 radical (unpaired) electrons. The SMILES string of the molecule is CCC(C)C(NC(=O)C(Cc1c[nH]c2ccccc12)NC(=O)C(CCCN=C(N)N)NC(=O)C(N)CS)C(=O)O. The highest BCUT2D eigenvalue weighted by molar-refractivity contribution is 7.80. The first-order valence-corrected chi connectivity index (χ1v) is 13.7. The van der Waals surface area contributed by atoms with E-state index in [1.165, 1.54) is 0 Å². The fourth-order valence-electron chi connectivity index (χ4n) is 4.07. The highest BCUT2D eigenvalue weighted by Crippen LogP contribution is 2.20. The Morgan fingerprint density at radius 2 is 1.70 bits per heavy atom. The zero-order valence-corrected chi connectivity index (χ0v) is 23.6. The van der Waals surface area contributed by atoms with Crippen LogP contribution < -0.4 is 33.2 Å². The second-order valence-corrected chi connectivity index (χ2v) is 10.00. The summed E-state index contributed by atoms with van der Waals surface area (Å²) >= 11 is 4.04. The lowest BCUT2D eigenvalue weighted by atomic mass is 9.97. The number of H-pyrrole nitrogens is 1. The normalized spacial score (nSPS) is 14.8. The molecule has 11 N–H and O–H groups in total. The van der Waals surface area contributed by atoms with Gasteiger partial charge in [0.1, 0.15) is 18.1 Å². The van der Waals surface area contributed by atoms with E-state index in [4.69, 9.17) is 17.2 Å². The molecule has 40 heavy (non-hydrogen) atoms. The topological polar surface area (TPSA) is 231 Å². The molecule has 3 amide bonds. The molecule has 13 nitrogen and oxygen atoms in total. The molecule has 2 rings (SSSR count). The summed E-state index contributed by atoms with van der Waals surface area (Å²) in [4.78, 5) is 58.3. The van der Waals surface area contributed by atoms with Gasteiger partial charge < -0.3 is 43.2 Å². The van der Waals surface area contributed by atoms with Crippen molar-refractivity contribution in [2.24, 2.45) is 28.1 Å². The number of aliphatic carboxylic acids is 1. The average Bonchev–Trinajstić information content (AvgIpc) is 3.34. The number of benzene rings is 1. The molecule has 0 aliphatic heterocycles. The Kier molecular flexibility index (Phi) is 12.7. The zero-order valence-electron chi connectivity index (χ0n) is 22.7. The molecule has 1 aromatic heterocycles. The summed E-state index contributed by atoms with van der Waals surface area (Å²) in [5.41, 5.74) is 18.1. The number of carbonyl (C=O) groups excluding carboxylic acids is 3. The van der Waals surface area contributed by atoms with Crippen molar-refractivity contribution in [1.29, 1.82) is 0 Å². The molecule has 2 aromatic rings. The first-order chi connectivity index (χ1) is 19.0. The van der Waals surface area contributed by atoms with Crippen molar-refractivity contribution in [2.45, 2.75) is 63.7 Å². The molecular weight excluding hydrogens is 536 g/mol. The van der Waals surface area contributed by atoms with Crippen LogP contribution in [0.1, 0.15) is 38.7 Å². The van der Waals surface area contributed by atoms with Crippen molar-refractivity contribution in [3.05, 3.63) is 36.0 Å². The van der Waals surface area contributed by atoms with E-state index < -0.39 is 47.9 Å². The van der Waals surface area contributed by atoms with Crippen LogP contribution in [0.25, 0.3) is 10.9 Å². The minimum absolute atomic E-state index is 0.0615. The summed E-state index contributed by atoms with van der Waals surface area (Å²) < 4.78 is 0. The van der Waals surface area contributed by atoms with Gasteiger partial charge in [-0.3, -0.25) is 19.4 Å². The van der Waals surface area contributed by atoms with Gasteiger partial charge in [0.15, 0.2) is 5.96 Å². The number of para-hydroxylation sites is 1. The molecule has 5 atom stereocenters. The molecule has 0 aliphatic carbocycles. The lowest BCUT2D eigenvalue weighted by Gasteiger charge is -2.26. The fraction of sp³-hybridized carbons (Fsp3) is 0.500. The number of nitrogens with two attached hydrogens (primary N) is 3. The number of hydrogen-bond donors (Lipinski definition) is 9. The van der Waals surface area contributed by atoms with Crippen LogP contribution in [0.3, 0.4) is 0 Å². The third kappa shape index (κ3) is 9.45. The molecule has 0 fully saturated rings. The van der Waals surface area contributed by atoms with Crippen LogP contribution in [-0.4, -0.2) is 76.2 Å². The van der Waals surface area contributed by atoms with Crippen molar-refractivity contribution < 1.29 is 24.3 Å². The van der Waals surface area contributed by atoms with Crippen molar-refractivity contribution in [3.63, 3.8) is 0 Å². The standard InChI is InChI=1S/C26H40N8O5S/c1-3-14(2)21(25(38)39)34-24(37)20(11-15-12-31-18-8-5-4-7-16(15)18)33-23(36)19(9-6-10-30-26(28)29)32-22(35)17(27)13-40/h4-5,7-8,12,14,17,19-21,31,40H,3,6,9-11,13,27H2,1-2H3,(H,32,35)(H,33,36)(H,34,37)(H,38,39)(H4,28,29,30). The summed E-state index contributed by atoms with van der Waals surface area (Å²) in [7, 11) is 0. The number of amides is 3. The summed E-state index contributed by atoms with van der Waals surface area (Å²) in [6, 6.07) is 3.17. The van der Waals surface area contributed by atoms with Gasteiger partial charge in [0.25, 0.3) is 0 Å². The molecule has 14 heteroatoms. The quantitative estimate of drug-likeness (QED) is 0.0551. The Morgan fingerprint density at radius 1 is 1.05 bits per heavy atom. The van der Waals surface area contributed by atoms with E-state index in [2.05, 4.69) is 38.6 Å². The lowest BCUT2D eigenvalue weighted by Crippen LogP contribution is -2.58. The van der Waals surface area contributed by atoms with Crippen molar-refractivity contribution in [1.82, 2.24) is 20.9 Å². The number of aliphatic imine (C=N–C) groups is 1. The van der Waals surface area contributed by atoms with Gasteiger partial charge in [-0.05, 0) is 30.4 Å². The zero-order chi connectivity index (χ0) is 29.8.